The lowest BCUT2D eigenvalue weighted by atomic mass is 9.42. The first-order valence-electron chi connectivity index (χ1n) is 7.68. The number of hydrogen-bond donors (Lipinski definition) is 0. The summed E-state index contributed by atoms with van der Waals surface area (Å²) >= 11 is 0. The molecule has 0 aromatic heterocycles. The van der Waals surface area contributed by atoms with Crippen LogP contribution in [0.2, 0.25) is 0 Å². The number of methoxy groups -OCH3 is 3. The molecule has 0 spiro atoms. The van der Waals surface area contributed by atoms with Gasteiger partial charge in [0.2, 0.25) is 5.78 Å². The Morgan fingerprint density at radius 1 is 1.09 bits per heavy atom. The summed E-state index contributed by atoms with van der Waals surface area (Å²) in [5, 5.41) is 0. The third kappa shape index (κ3) is 1.22. The summed E-state index contributed by atoms with van der Waals surface area (Å²) in [4.78, 5) is 12.9. The molecule has 3 aliphatic carbocycles. The van der Waals surface area contributed by atoms with Crippen LogP contribution in [0.1, 0.15) is 24.5 Å². The molecule has 0 amide bonds. The number of Topliss-reactive ketones (excluding diaryl/α,β-unsaturated/α-hetero) is 1. The van der Waals surface area contributed by atoms with E-state index >= 15 is 0 Å². The maximum Gasteiger partial charge on any atom is 0.260 e. The summed E-state index contributed by atoms with van der Waals surface area (Å²) in [5.74, 6) is -1.52. The number of ketones is 1. The van der Waals surface area contributed by atoms with E-state index in [0.717, 1.165) is 28.7 Å². The standard InChI is InChI=1S/C19H20O4/c1-11-10-17(2)13-9-7-6-8-12(13)14-15(18(11,17)21-3)19(22-4,23-5)16(14)20/h6-9H,1,10H2,2-5H3. The minimum atomic E-state index is -1.37. The smallest absolute Gasteiger partial charge is 0.260 e. The van der Waals surface area contributed by atoms with Gasteiger partial charge in [-0.25, -0.2) is 0 Å². The van der Waals surface area contributed by atoms with Crippen LogP contribution in [-0.4, -0.2) is 38.5 Å². The second kappa shape index (κ2) is 4.20. The maximum atomic E-state index is 12.9. The van der Waals surface area contributed by atoms with Crippen LogP contribution in [0.3, 0.4) is 0 Å². The lowest BCUT2D eigenvalue weighted by Gasteiger charge is -2.66. The molecule has 1 fully saturated rings. The van der Waals surface area contributed by atoms with Crippen molar-refractivity contribution in [1.29, 1.82) is 0 Å². The molecule has 120 valence electrons. The van der Waals surface area contributed by atoms with E-state index in [-0.39, 0.29) is 11.2 Å². The van der Waals surface area contributed by atoms with E-state index in [4.69, 9.17) is 14.2 Å². The zero-order valence-electron chi connectivity index (χ0n) is 13.9. The molecule has 1 saturated carbocycles. The highest BCUT2D eigenvalue weighted by atomic mass is 16.7. The van der Waals surface area contributed by atoms with Gasteiger partial charge in [0.15, 0.2) is 0 Å². The number of ether oxygens (including phenoxy) is 3. The zero-order chi connectivity index (χ0) is 16.6. The van der Waals surface area contributed by atoms with Gasteiger partial charge in [0.1, 0.15) is 5.60 Å². The van der Waals surface area contributed by atoms with Gasteiger partial charge in [-0.05, 0) is 23.1 Å². The molecule has 0 radical (unpaired) electrons. The fourth-order valence-electron chi connectivity index (χ4n) is 4.98. The number of benzene rings is 1. The van der Waals surface area contributed by atoms with Crippen LogP contribution in [-0.2, 0) is 24.4 Å². The Bertz CT molecular complexity index is 786. The van der Waals surface area contributed by atoms with Crippen LogP contribution in [0, 0.1) is 0 Å². The minimum absolute atomic E-state index is 0.150. The molecule has 2 atom stereocenters. The van der Waals surface area contributed by atoms with E-state index in [9.17, 15) is 4.79 Å². The molecule has 0 bridgehead atoms. The Morgan fingerprint density at radius 2 is 1.74 bits per heavy atom. The number of fused-ring (bicyclic) bond motifs is 5. The number of carbonyl (C=O) groups excluding carboxylic acids is 1. The van der Waals surface area contributed by atoms with Crippen LogP contribution in [0.4, 0.5) is 0 Å². The van der Waals surface area contributed by atoms with Crippen molar-refractivity contribution in [2.75, 3.05) is 21.3 Å². The molecule has 0 N–H and O–H groups in total. The predicted octanol–water partition coefficient (Wildman–Crippen LogP) is 2.63. The normalized spacial score (nSPS) is 33.4. The first-order chi connectivity index (χ1) is 10.9. The van der Waals surface area contributed by atoms with Gasteiger partial charge in [0, 0.05) is 37.9 Å². The van der Waals surface area contributed by atoms with E-state index in [1.54, 1.807) is 7.11 Å². The van der Waals surface area contributed by atoms with Crippen molar-refractivity contribution in [1.82, 2.24) is 0 Å². The summed E-state index contributed by atoms with van der Waals surface area (Å²) in [6.07, 6.45) is 0.812. The number of rotatable bonds is 3. The summed E-state index contributed by atoms with van der Waals surface area (Å²) in [6.45, 7) is 6.36. The summed E-state index contributed by atoms with van der Waals surface area (Å²) < 4.78 is 17.1. The maximum absolute atomic E-state index is 12.9. The Labute approximate surface area is 135 Å². The van der Waals surface area contributed by atoms with Gasteiger partial charge in [-0.15, -0.1) is 0 Å². The second-order valence-electron chi connectivity index (χ2n) is 6.65. The van der Waals surface area contributed by atoms with Crippen molar-refractivity contribution in [3.63, 3.8) is 0 Å². The highest BCUT2D eigenvalue weighted by Crippen LogP contribution is 2.70. The molecule has 0 aliphatic heterocycles. The number of hydrogen-bond acceptors (Lipinski definition) is 4. The van der Waals surface area contributed by atoms with Gasteiger partial charge in [-0.2, -0.15) is 0 Å². The fraction of sp³-hybridized carbons (Fsp3) is 0.421. The zero-order valence-corrected chi connectivity index (χ0v) is 13.9. The highest BCUT2D eigenvalue weighted by molar-refractivity contribution is 6.35. The lowest BCUT2D eigenvalue weighted by Crippen LogP contribution is -2.73. The summed E-state index contributed by atoms with van der Waals surface area (Å²) in [5.41, 5.74) is 3.43. The average molecular weight is 312 g/mol. The Kier molecular flexibility index (Phi) is 2.71. The van der Waals surface area contributed by atoms with Crippen LogP contribution in [0.15, 0.2) is 42.0 Å². The van der Waals surface area contributed by atoms with Crippen LogP contribution < -0.4 is 0 Å². The Hall–Kier alpha value is -1.75. The largest absolute Gasteiger partial charge is 0.368 e. The third-order valence-electron chi connectivity index (χ3n) is 5.97. The monoisotopic (exact) mass is 312 g/mol. The van der Waals surface area contributed by atoms with E-state index in [1.807, 2.05) is 18.2 Å². The molecule has 0 saturated heterocycles. The Balaban J connectivity index is 2.12. The van der Waals surface area contributed by atoms with Gasteiger partial charge < -0.3 is 14.2 Å². The first kappa shape index (κ1) is 14.8. The highest BCUT2D eigenvalue weighted by Gasteiger charge is 2.75. The van der Waals surface area contributed by atoms with E-state index < -0.39 is 11.4 Å². The molecular formula is C19H20O4. The molecule has 4 rings (SSSR count). The molecule has 1 aromatic carbocycles. The third-order valence-corrected chi connectivity index (χ3v) is 5.97. The number of carbonyl (C=O) groups is 1. The van der Waals surface area contributed by atoms with Crippen molar-refractivity contribution >= 4 is 11.4 Å². The molecule has 23 heavy (non-hydrogen) atoms. The van der Waals surface area contributed by atoms with E-state index in [0.29, 0.717) is 5.57 Å². The van der Waals surface area contributed by atoms with Gasteiger partial charge in [0.05, 0.1) is 0 Å². The van der Waals surface area contributed by atoms with Gasteiger partial charge in [-0.1, -0.05) is 37.8 Å². The first-order valence-corrected chi connectivity index (χ1v) is 7.68. The van der Waals surface area contributed by atoms with E-state index in [1.165, 1.54) is 14.2 Å². The average Bonchev–Trinajstić information content (AvgIpc) is 2.56. The molecule has 2 unspecified atom stereocenters. The lowest BCUT2D eigenvalue weighted by molar-refractivity contribution is -0.210. The Morgan fingerprint density at radius 3 is 2.30 bits per heavy atom. The quantitative estimate of drug-likeness (QED) is 0.636. The van der Waals surface area contributed by atoms with Crippen molar-refractivity contribution in [2.45, 2.75) is 30.1 Å². The van der Waals surface area contributed by atoms with Crippen LogP contribution >= 0.6 is 0 Å². The molecule has 3 aliphatic rings. The molecule has 4 heteroatoms. The summed E-state index contributed by atoms with van der Waals surface area (Å²) in [7, 11) is 4.65. The molecular weight excluding hydrogens is 292 g/mol. The van der Waals surface area contributed by atoms with Gasteiger partial charge in [0.25, 0.3) is 5.79 Å². The van der Waals surface area contributed by atoms with Crippen LogP contribution in [0.5, 0.6) is 0 Å². The predicted molar refractivity (Wildman–Crippen MR) is 86.0 cm³/mol. The van der Waals surface area contributed by atoms with Crippen LogP contribution in [0.25, 0.3) is 5.57 Å². The molecule has 0 heterocycles. The van der Waals surface area contributed by atoms with Gasteiger partial charge in [-0.3, -0.25) is 4.79 Å². The molecule has 1 aromatic rings. The van der Waals surface area contributed by atoms with E-state index in [2.05, 4.69) is 19.6 Å². The van der Waals surface area contributed by atoms with Crippen molar-refractivity contribution in [2.24, 2.45) is 0 Å². The second-order valence-corrected chi connectivity index (χ2v) is 6.65. The van der Waals surface area contributed by atoms with Crippen molar-refractivity contribution in [3.05, 3.63) is 53.1 Å². The SMILES string of the molecule is C=C1CC2(C)c3ccccc3C3=C(C(OC)(OC)C3=O)C12OC. The van der Waals surface area contributed by atoms with Crippen molar-refractivity contribution < 1.29 is 19.0 Å². The topological polar surface area (TPSA) is 44.8 Å². The minimum Gasteiger partial charge on any atom is -0.368 e. The molecule has 4 nitrogen and oxygen atoms in total. The van der Waals surface area contributed by atoms with Gasteiger partial charge >= 0.3 is 0 Å². The van der Waals surface area contributed by atoms with Crippen molar-refractivity contribution in [3.8, 4) is 0 Å². The summed E-state index contributed by atoms with van der Waals surface area (Å²) in [6, 6.07) is 8.02. The fourth-order valence-corrected chi connectivity index (χ4v) is 4.98.